The van der Waals surface area contributed by atoms with Gasteiger partial charge in [0.25, 0.3) is 0 Å². The zero-order chi connectivity index (χ0) is 18.4. The summed E-state index contributed by atoms with van der Waals surface area (Å²) in [5.41, 5.74) is 7.22. The molecular formula is C22H32N2O. The molecule has 0 unspecified atom stereocenters. The van der Waals surface area contributed by atoms with Gasteiger partial charge in [-0.1, -0.05) is 20.8 Å². The molecule has 0 saturated heterocycles. The number of anilines is 1. The first-order chi connectivity index (χ1) is 12.0. The molecule has 0 aliphatic heterocycles. The normalized spacial score (nSPS) is 10.8. The summed E-state index contributed by atoms with van der Waals surface area (Å²) in [5, 5.41) is 0. The maximum Gasteiger partial charge on any atom is 0.119 e. The van der Waals surface area contributed by atoms with Crippen molar-refractivity contribution in [2.24, 2.45) is 0 Å². The Morgan fingerprint density at radius 2 is 1.68 bits per heavy atom. The molecule has 0 radical (unpaired) electrons. The topological polar surface area (TPSA) is 25.4 Å². The summed E-state index contributed by atoms with van der Waals surface area (Å²) in [5.74, 6) is 0.893. The molecule has 136 valence electrons. The second-order valence-electron chi connectivity index (χ2n) is 6.62. The van der Waals surface area contributed by atoms with E-state index in [0.717, 1.165) is 49.5 Å². The van der Waals surface area contributed by atoms with Crippen LogP contribution >= 0.6 is 0 Å². The molecule has 25 heavy (non-hydrogen) atoms. The molecule has 0 aliphatic rings. The van der Waals surface area contributed by atoms with Crippen molar-refractivity contribution in [3.05, 3.63) is 41.1 Å². The monoisotopic (exact) mass is 340 g/mol. The first-order valence-electron chi connectivity index (χ1n) is 9.46. The van der Waals surface area contributed by atoms with Gasteiger partial charge >= 0.3 is 0 Å². The third kappa shape index (κ3) is 4.33. The molecule has 1 aromatic carbocycles. The van der Waals surface area contributed by atoms with Crippen LogP contribution < -0.4 is 9.64 Å². The Morgan fingerprint density at radius 3 is 2.20 bits per heavy atom. The number of nitrogens with zero attached hydrogens (tertiary/aromatic N) is 2. The Labute approximate surface area is 153 Å². The van der Waals surface area contributed by atoms with Crippen molar-refractivity contribution < 1.29 is 4.74 Å². The van der Waals surface area contributed by atoms with Crippen LogP contribution in [0.1, 0.15) is 50.4 Å². The van der Waals surface area contributed by atoms with Gasteiger partial charge in [0.05, 0.1) is 24.2 Å². The van der Waals surface area contributed by atoms with E-state index in [1.807, 2.05) is 6.07 Å². The quantitative estimate of drug-likeness (QED) is 0.629. The fraction of sp³-hybridized carbons (Fsp3) is 0.500. The molecule has 3 nitrogen and oxygen atoms in total. The zero-order valence-electron chi connectivity index (χ0n) is 16.6. The molecule has 2 rings (SSSR count). The van der Waals surface area contributed by atoms with E-state index in [-0.39, 0.29) is 0 Å². The lowest BCUT2D eigenvalue weighted by Gasteiger charge is -2.26. The van der Waals surface area contributed by atoms with Gasteiger partial charge in [-0.25, -0.2) is 0 Å². The van der Waals surface area contributed by atoms with E-state index in [1.54, 1.807) is 7.11 Å². The Kier molecular flexibility index (Phi) is 6.86. The number of aryl methyl sites for hydroxylation is 3. The van der Waals surface area contributed by atoms with Crippen molar-refractivity contribution in [1.82, 2.24) is 4.98 Å². The molecule has 1 heterocycles. The molecule has 1 aromatic heterocycles. The van der Waals surface area contributed by atoms with Gasteiger partial charge in [0.15, 0.2) is 0 Å². The molecule has 0 amide bonds. The van der Waals surface area contributed by atoms with E-state index in [0.29, 0.717) is 0 Å². The highest BCUT2D eigenvalue weighted by molar-refractivity contribution is 5.71. The summed E-state index contributed by atoms with van der Waals surface area (Å²) >= 11 is 0. The average molecular weight is 341 g/mol. The highest BCUT2D eigenvalue weighted by Crippen LogP contribution is 2.32. The largest absolute Gasteiger partial charge is 0.497 e. The van der Waals surface area contributed by atoms with Crippen LogP contribution in [0, 0.1) is 13.8 Å². The van der Waals surface area contributed by atoms with Crippen LogP contribution in [0.15, 0.2) is 24.3 Å². The van der Waals surface area contributed by atoms with Gasteiger partial charge in [-0.05, 0) is 68.5 Å². The van der Waals surface area contributed by atoms with Crippen molar-refractivity contribution in [3.63, 3.8) is 0 Å². The van der Waals surface area contributed by atoms with Crippen molar-refractivity contribution in [3.8, 4) is 17.0 Å². The standard InChI is InChI=1S/C22H32N2O/c1-7-12-24(13-8-2)21-15-18(9-3)22(23-17(21)5)20-11-10-19(25-6)14-16(20)4/h10-11,14-15H,7-9,12-13H2,1-6H3. The smallest absolute Gasteiger partial charge is 0.119 e. The summed E-state index contributed by atoms with van der Waals surface area (Å²) in [6, 6.07) is 8.59. The SMILES string of the molecule is CCCN(CCC)c1cc(CC)c(-c2ccc(OC)cc2C)nc1C. The summed E-state index contributed by atoms with van der Waals surface area (Å²) in [4.78, 5) is 7.51. The minimum absolute atomic E-state index is 0.893. The molecule has 0 N–H and O–H groups in total. The van der Waals surface area contributed by atoms with E-state index in [9.17, 15) is 0 Å². The third-order valence-electron chi connectivity index (χ3n) is 4.66. The third-order valence-corrected chi connectivity index (χ3v) is 4.66. The van der Waals surface area contributed by atoms with Crippen molar-refractivity contribution in [2.45, 2.75) is 53.9 Å². The molecule has 0 saturated carbocycles. The summed E-state index contributed by atoms with van der Waals surface area (Å²) < 4.78 is 5.34. The predicted octanol–water partition coefficient (Wildman–Crippen LogP) is 5.56. The van der Waals surface area contributed by atoms with Gasteiger partial charge < -0.3 is 9.64 Å². The second-order valence-corrected chi connectivity index (χ2v) is 6.62. The van der Waals surface area contributed by atoms with E-state index in [1.165, 1.54) is 22.4 Å². The fourth-order valence-electron chi connectivity index (χ4n) is 3.38. The molecule has 0 aliphatic carbocycles. The number of hydrogen-bond donors (Lipinski definition) is 0. The van der Waals surface area contributed by atoms with Crippen LogP contribution in [0.25, 0.3) is 11.3 Å². The van der Waals surface area contributed by atoms with E-state index >= 15 is 0 Å². The van der Waals surface area contributed by atoms with Gasteiger partial charge in [-0.15, -0.1) is 0 Å². The number of hydrogen-bond acceptors (Lipinski definition) is 3. The van der Waals surface area contributed by atoms with E-state index in [2.05, 4.69) is 57.7 Å². The van der Waals surface area contributed by atoms with Crippen LogP contribution in [0.4, 0.5) is 5.69 Å². The second kappa shape index (κ2) is 8.89. The van der Waals surface area contributed by atoms with Crippen LogP contribution in [-0.2, 0) is 6.42 Å². The Balaban J connectivity index is 2.52. The number of pyridine rings is 1. The lowest BCUT2D eigenvalue weighted by atomic mass is 9.98. The number of methoxy groups -OCH3 is 1. The fourth-order valence-corrected chi connectivity index (χ4v) is 3.38. The van der Waals surface area contributed by atoms with Gasteiger partial charge in [0.2, 0.25) is 0 Å². The first kappa shape index (κ1) is 19.3. The van der Waals surface area contributed by atoms with Crippen molar-refractivity contribution in [1.29, 1.82) is 0 Å². The van der Waals surface area contributed by atoms with Crippen LogP contribution in [0.2, 0.25) is 0 Å². The predicted molar refractivity (Wildman–Crippen MR) is 108 cm³/mol. The van der Waals surface area contributed by atoms with Crippen LogP contribution in [0.3, 0.4) is 0 Å². The van der Waals surface area contributed by atoms with Crippen molar-refractivity contribution >= 4 is 5.69 Å². The molecule has 0 spiro atoms. The van der Waals surface area contributed by atoms with Crippen LogP contribution in [0.5, 0.6) is 5.75 Å². The van der Waals surface area contributed by atoms with Gasteiger partial charge in [0.1, 0.15) is 5.75 Å². The highest BCUT2D eigenvalue weighted by Gasteiger charge is 2.16. The summed E-state index contributed by atoms with van der Waals surface area (Å²) in [7, 11) is 1.71. The van der Waals surface area contributed by atoms with E-state index in [4.69, 9.17) is 9.72 Å². The number of rotatable bonds is 8. The molecular weight excluding hydrogens is 308 g/mol. The molecule has 2 aromatic rings. The van der Waals surface area contributed by atoms with E-state index < -0.39 is 0 Å². The maximum absolute atomic E-state index is 5.34. The van der Waals surface area contributed by atoms with Crippen LogP contribution in [-0.4, -0.2) is 25.2 Å². The highest BCUT2D eigenvalue weighted by atomic mass is 16.5. The molecule has 0 atom stereocenters. The molecule has 0 fully saturated rings. The lowest BCUT2D eigenvalue weighted by molar-refractivity contribution is 0.414. The zero-order valence-corrected chi connectivity index (χ0v) is 16.6. The number of aromatic nitrogens is 1. The van der Waals surface area contributed by atoms with Crippen molar-refractivity contribution in [2.75, 3.05) is 25.1 Å². The minimum Gasteiger partial charge on any atom is -0.497 e. The number of ether oxygens (including phenoxy) is 1. The van der Waals surface area contributed by atoms with Gasteiger partial charge in [0, 0.05) is 18.7 Å². The average Bonchev–Trinajstić information content (AvgIpc) is 2.61. The Hall–Kier alpha value is -2.03. The molecule has 0 bridgehead atoms. The summed E-state index contributed by atoms with van der Waals surface area (Å²) in [6.45, 7) is 13.1. The molecule has 3 heteroatoms. The van der Waals surface area contributed by atoms with Gasteiger partial charge in [-0.2, -0.15) is 0 Å². The van der Waals surface area contributed by atoms with Gasteiger partial charge in [-0.3, -0.25) is 4.98 Å². The Morgan fingerprint density at radius 1 is 1.00 bits per heavy atom. The first-order valence-corrected chi connectivity index (χ1v) is 9.46. The summed E-state index contributed by atoms with van der Waals surface area (Å²) in [6.07, 6.45) is 3.29. The Bertz CT molecular complexity index is 703. The minimum atomic E-state index is 0.893. The lowest BCUT2D eigenvalue weighted by Crippen LogP contribution is -2.26. The number of benzene rings is 1. The maximum atomic E-state index is 5.34.